The lowest BCUT2D eigenvalue weighted by molar-refractivity contribution is 0.122. The second-order valence-corrected chi connectivity index (χ2v) is 3.16. The van der Waals surface area contributed by atoms with E-state index in [-0.39, 0.29) is 0 Å². The van der Waals surface area contributed by atoms with Gasteiger partial charge in [0.05, 0.1) is 6.10 Å². The maximum Gasteiger partial charge on any atom is 0.119 e. The molecule has 0 aliphatic carbocycles. The first-order valence-electron chi connectivity index (χ1n) is 4.62. The molecule has 0 saturated carbocycles. The van der Waals surface area contributed by atoms with Crippen molar-refractivity contribution < 1.29 is 9.84 Å². The van der Waals surface area contributed by atoms with E-state index in [2.05, 4.69) is 13.0 Å². The number of hydrogen-bond donors (Lipinski definition) is 1. The summed E-state index contributed by atoms with van der Waals surface area (Å²) < 4.78 is 5.36. The molecule has 0 unspecified atom stereocenters. The molecule has 1 aromatic carbocycles. The zero-order chi connectivity index (χ0) is 9.68. The molecule has 0 fully saturated rings. The van der Waals surface area contributed by atoms with Crippen LogP contribution in [0.1, 0.15) is 19.4 Å². The lowest BCUT2D eigenvalue weighted by atomic mass is 10.2. The quantitative estimate of drug-likeness (QED) is 0.768. The van der Waals surface area contributed by atoms with E-state index in [0.29, 0.717) is 6.61 Å². The predicted molar refractivity (Wildman–Crippen MR) is 53.0 cm³/mol. The summed E-state index contributed by atoms with van der Waals surface area (Å²) in [6.07, 6.45) is 0.594. The third kappa shape index (κ3) is 3.47. The van der Waals surface area contributed by atoms with E-state index in [9.17, 15) is 0 Å². The summed E-state index contributed by atoms with van der Waals surface area (Å²) in [5, 5.41) is 9.02. The summed E-state index contributed by atoms with van der Waals surface area (Å²) in [7, 11) is 0. The summed E-state index contributed by atoms with van der Waals surface area (Å²) in [6.45, 7) is 4.17. The zero-order valence-corrected chi connectivity index (χ0v) is 8.16. The maximum absolute atomic E-state index is 9.02. The fourth-order valence-corrected chi connectivity index (χ4v) is 1.07. The molecule has 1 aromatic rings. The number of aliphatic hydroxyl groups excluding tert-OH is 1. The Labute approximate surface area is 79.2 Å². The smallest absolute Gasteiger partial charge is 0.119 e. The van der Waals surface area contributed by atoms with Gasteiger partial charge in [-0.05, 0) is 31.0 Å². The highest BCUT2D eigenvalue weighted by molar-refractivity contribution is 5.28. The van der Waals surface area contributed by atoms with Crippen molar-refractivity contribution >= 4 is 0 Å². The largest absolute Gasteiger partial charge is 0.491 e. The van der Waals surface area contributed by atoms with Crippen molar-refractivity contribution in [2.24, 2.45) is 0 Å². The van der Waals surface area contributed by atoms with Crippen molar-refractivity contribution in [3.8, 4) is 5.75 Å². The Morgan fingerprint density at radius 1 is 1.46 bits per heavy atom. The fraction of sp³-hybridized carbons (Fsp3) is 0.455. The minimum absolute atomic E-state index is 0.354. The minimum Gasteiger partial charge on any atom is -0.491 e. The topological polar surface area (TPSA) is 29.5 Å². The average molecular weight is 180 g/mol. The van der Waals surface area contributed by atoms with Crippen LogP contribution in [0.2, 0.25) is 0 Å². The van der Waals surface area contributed by atoms with Crippen LogP contribution in [0.5, 0.6) is 5.75 Å². The van der Waals surface area contributed by atoms with Gasteiger partial charge in [0.25, 0.3) is 0 Å². The molecule has 1 rings (SSSR count). The van der Waals surface area contributed by atoms with Gasteiger partial charge in [0.1, 0.15) is 12.4 Å². The number of aliphatic hydroxyl groups is 1. The first-order chi connectivity index (χ1) is 6.22. The number of rotatable bonds is 4. The van der Waals surface area contributed by atoms with Gasteiger partial charge in [0.15, 0.2) is 0 Å². The molecular weight excluding hydrogens is 164 g/mol. The molecule has 0 heterocycles. The Kier molecular flexibility index (Phi) is 3.77. The van der Waals surface area contributed by atoms with E-state index in [1.165, 1.54) is 5.56 Å². The molecule has 2 nitrogen and oxygen atoms in total. The van der Waals surface area contributed by atoms with Crippen molar-refractivity contribution in [1.29, 1.82) is 0 Å². The Hall–Kier alpha value is -1.02. The Morgan fingerprint density at radius 2 is 2.23 bits per heavy atom. The first-order valence-corrected chi connectivity index (χ1v) is 4.62. The van der Waals surface area contributed by atoms with Gasteiger partial charge in [-0.1, -0.05) is 19.1 Å². The normalized spacial score (nSPS) is 12.5. The highest BCUT2D eigenvalue weighted by atomic mass is 16.5. The van der Waals surface area contributed by atoms with Gasteiger partial charge in [-0.15, -0.1) is 0 Å². The van der Waals surface area contributed by atoms with Gasteiger partial charge in [0.2, 0.25) is 0 Å². The van der Waals surface area contributed by atoms with Crippen molar-refractivity contribution in [1.82, 2.24) is 0 Å². The second-order valence-electron chi connectivity index (χ2n) is 3.16. The second kappa shape index (κ2) is 4.87. The van der Waals surface area contributed by atoms with E-state index in [1.807, 2.05) is 18.2 Å². The van der Waals surface area contributed by atoms with Crippen molar-refractivity contribution in [3.63, 3.8) is 0 Å². The van der Waals surface area contributed by atoms with Crippen molar-refractivity contribution in [2.45, 2.75) is 26.4 Å². The SMILES string of the molecule is CCc1cccc(OC[C@H](C)O)c1. The Morgan fingerprint density at radius 3 is 2.85 bits per heavy atom. The zero-order valence-electron chi connectivity index (χ0n) is 8.16. The summed E-state index contributed by atoms with van der Waals surface area (Å²) in [5.74, 6) is 0.834. The standard InChI is InChI=1S/C11H16O2/c1-3-10-5-4-6-11(7-10)13-8-9(2)12/h4-7,9,12H,3,8H2,1-2H3/t9-/m0/s1. The van der Waals surface area contributed by atoms with Crippen LogP contribution in [0.4, 0.5) is 0 Å². The van der Waals surface area contributed by atoms with Crippen LogP contribution in [-0.2, 0) is 6.42 Å². The summed E-state index contributed by atoms with van der Waals surface area (Å²) in [4.78, 5) is 0. The number of benzene rings is 1. The molecule has 1 atom stereocenters. The molecule has 1 N–H and O–H groups in total. The minimum atomic E-state index is -0.412. The molecular formula is C11H16O2. The van der Waals surface area contributed by atoms with E-state index >= 15 is 0 Å². The van der Waals surface area contributed by atoms with Crippen LogP contribution < -0.4 is 4.74 Å². The first kappa shape index (κ1) is 10.1. The van der Waals surface area contributed by atoms with Gasteiger partial charge in [-0.3, -0.25) is 0 Å². The van der Waals surface area contributed by atoms with Gasteiger partial charge in [-0.2, -0.15) is 0 Å². The molecule has 2 heteroatoms. The molecule has 0 amide bonds. The summed E-state index contributed by atoms with van der Waals surface area (Å²) >= 11 is 0. The van der Waals surface area contributed by atoms with Gasteiger partial charge in [-0.25, -0.2) is 0 Å². The highest BCUT2D eigenvalue weighted by Gasteiger charge is 1.98. The highest BCUT2D eigenvalue weighted by Crippen LogP contribution is 2.13. The number of aryl methyl sites for hydroxylation is 1. The molecule has 13 heavy (non-hydrogen) atoms. The predicted octanol–water partition coefficient (Wildman–Crippen LogP) is 2.01. The summed E-state index contributed by atoms with van der Waals surface area (Å²) in [6, 6.07) is 7.94. The number of hydrogen-bond acceptors (Lipinski definition) is 2. The Bertz CT molecular complexity index is 256. The van der Waals surface area contributed by atoms with E-state index < -0.39 is 6.10 Å². The number of ether oxygens (including phenoxy) is 1. The van der Waals surface area contributed by atoms with Crippen molar-refractivity contribution in [2.75, 3.05) is 6.61 Å². The van der Waals surface area contributed by atoms with Crippen LogP contribution in [0.3, 0.4) is 0 Å². The molecule has 0 spiro atoms. The Balaban J connectivity index is 2.56. The van der Waals surface area contributed by atoms with Crippen LogP contribution in [-0.4, -0.2) is 17.8 Å². The molecule has 0 radical (unpaired) electrons. The molecule has 0 bridgehead atoms. The third-order valence-corrected chi connectivity index (χ3v) is 1.80. The van der Waals surface area contributed by atoms with Gasteiger partial charge < -0.3 is 9.84 Å². The lowest BCUT2D eigenvalue weighted by Gasteiger charge is -2.08. The molecule has 0 aliphatic heterocycles. The maximum atomic E-state index is 9.02. The molecule has 0 aromatic heterocycles. The van der Waals surface area contributed by atoms with Crippen LogP contribution in [0.25, 0.3) is 0 Å². The van der Waals surface area contributed by atoms with Crippen LogP contribution in [0, 0.1) is 0 Å². The molecule has 72 valence electrons. The van der Waals surface area contributed by atoms with Gasteiger partial charge >= 0.3 is 0 Å². The monoisotopic (exact) mass is 180 g/mol. The van der Waals surface area contributed by atoms with Crippen LogP contribution >= 0.6 is 0 Å². The fourth-order valence-electron chi connectivity index (χ4n) is 1.07. The van der Waals surface area contributed by atoms with E-state index in [4.69, 9.17) is 9.84 Å². The summed E-state index contributed by atoms with van der Waals surface area (Å²) in [5.41, 5.74) is 1.25. The van der Waals surface area contributed by atoms with E-state index in [0.717, 1.165) is 12.2 Å². The lowest BCUT2D eigenvalue weighted by Crippen LogP contribution is -2.12. The van der Waals surface area contributed by atoms with Crippen molar-refractivity contribution in [3.05, 3.63) is 29.8 Å². The average Bonchev–Trinajstić information content (AvgIpc) is 2.15. The van der Waals surface area contributed by atoms with E-state index in [1.54, 1.807) is 6.92 Å². The van der Waals surface area contributed by atoms with Crippen LogP contribution in [0.15, 0.2) is 24.3 Å². The third-order valence-electron chi connectivity index (χ3n) is 1.80. The molecule has 0 saturated heterocycles. The van der Waals surface area contributed by atoms with Gasteiger partial charge in [0, 0.05) is 0 Å². The molecule has 0 aliphatic rings.